The maximum absolute atomic E-state index is 4.86. The van der Waals surface area contributed by atoms with Crippen LogP contribution in [0.1, 0.15) is 31.9 Å². The van der Waals surface area contributed by atoms with Crippen LogP contribution < -0.4 is 0 Å². The van der Waals surface area contributed by atoms with Gasteiger partial charge >= 0.3 is 0 Å². The summed E-state index contributed by atoms with van der Waals surface area (Å²) >= 11 is 0. The Morgan fingerprint density at radius 3 is 2.65 bits per heavy atom. The molecule has 0 spiro atoms. The van der Waals surface area contributed by atoms with E-state index in [1.165, 1.54) is 16.6 Å². The van der Waals surface area contributed by atoms with Gasteiger partial charge in [0.2, 0.25) is 0 Å². The number of benzene rings is 2. The summed E-state index contributed by atoms with van der Waals surface area (Å²) in [4.78, 5) is 4.86. The lowest BCUT2D eigenvalue weighted by atomic mass is 10.1. The zero-order valence-electron chi connectivity index (χ0n) is 12.3. The van der Waals surface area contributed by atoms with Crippen LogP contribution in [-0.4, -0.2) is 9.55 Å². The van der Waals surface area contributed by atoms with Crippen molar-refractivity contribution in [3.63, 3.8) is 0 Å². The highest BCUT2D eigenvalue weighted by atomic mass is 15.1. The molecule has 2 nitrogen and oxygen atoms in total. The van der Waals surface area contributed by atoms with Crippen molar-refractivity contribution in [1.29, 1.82) is 0 Å². The molecule has 0 amide bonds. The molecule has 0 saturated carbocycles. The Kier molecular flexibility index (Phi) is 3.31. The van der Waals surface area contributed by atoms with Gasteiger partial charge in [0.25, 0.3) is 0 Å². The predicted octanol–water partition coefficient (Wildman–Crippen LogP) is 4.98. The first-order chi connectivity index (χ1) is 9.70. The van der Waals surface area contributed by atoms with Gasteiger partial charge in [0.15, 0.2) is 0 Å². The highest BCUT2D eigenvalue weighted by molar-refractivity contribution is 5.80. The SMILES string of the molecule is CCC(C)n1c(-c2cccc(C)c2)nc2ccccc21. The van der Waals surface area contributed by atoms with Crippen molar-refractivity contribution >= 4 is 11.0 Å². The van der Waals surface area contributed by atoms with E-state index in [2.05, 4.69) is 73.9 Å². The van der Waals surface area contributed by atoms with Crippen LogP contribution >= 0.6 is 0 Å². The number of imidazole rings is 1. The fourth-order valence-corrected chi connectivity index (χ4v) is 2.66. The summed E-state index contributed by atoms with van der Waals surface area (Å²) in [6.45, 7) is 6.60. The molecule has 0 saturated heterocycles. The highest BCUT2D eigenvalue weighted by Gasteiger charge is 2.15. The van der Waals surface area contributed by atoms with Gasteiger partial charge in [-0.25, -0.2) is 4.98 Å². The molecule has 0 fully saturated rings. The molecular weight excluding hydrogens is 244 g/mol. The second-order valence-electron chi connectivity index (χ2n) is 5.42. The largest absolute Gasteiger partial charge is 0.321 e. The van der Waals surface area contributed by atoms with Crippen molar-refractivity contribution < 1.29 is 0 Å². The normalized spacial score (nSPS) is 12.8. The molecule has 1 aromatic heterocycles. The summed E-state index contributed by atoms with van der Waals surface area (Å²) in [6.07, 6.45) is 1.10. The predicted molar refractivity (Wildman–Crippen MR) is 84.9 cm³/mol. The first kappa shape index (κ1) is 12.9. The van der Waals surface area contributed by atoms with Gasteiger partial charge in [-0.05, 0) is 38.5 Å². The summed E-state index contributed by atoms with van der Waals surface area (Å²) < 4.78 is 2.37. The van der Waals surface area contributed by atoms with Gasteiger partial charge in [0, 0.05) is 11.6 Å². The molecule has 1 unspecified atom stereocenters. The van der Waals surface area contributed by atoms with Gasteiger partial charge in [-0.2, -0.15) is 0 Å². The van der Waals surface area contributed by atoms with Gasteiger partial charge in [-0.3, -0.25) is 0 Å². The van der Waals surface area contributed by atoms with Crippen LogP contribution in [0, 0.1) is 6.92 Å². The summed E-state index contributed by atoms with van der Waals surface area (Å²) in [5.74, 6) is 1.07. The van der Waals surface area contributed by atoms with Crippen molar-refractivity contribution in [2.75, 3.05) is 0 Å². The third-order valence-corrected chi connectivity index (χ3v) is 3.90. The summed E-state index contributed by atoms with van der Waals surface area (Å²) in [5.41, 5.74) is 4.76. The third kappa shape index (κ3) is 2.11. The molecule has 0 radical (unpaired) electrons. The number of hydrogen-bond acceptors (Lipinski definition) is 1. The Morgan fingerprint density at radius 2 is 1.90 bits per heavy atom. The monoisotopic (exact) mass is 264 g/mol. The van der Waals surface area contributed by atoms with Crippen LogP contribution in [0.15, 0.2) is 48.5 Å². The maximum Gasteiger partial charge on any atom is 0.141 e. The third-order valence-electron chi connectivity index (χ3n) is 3.90. The number of para-hydroxylation sites is 2. The average Bonchev–Trinajstić information content (AvgIpc) is 2.86. The van der Waals surface area contributed by atoms with E-state index in [1.54, 1.807) is 0 Å². The zero-order valence-corrected chi connectivity index (χ0v) is 12.3. The standard InChI is InChI=1S/C18H20N2/c1-4-14(3)20-17-11-6-5-10-16(17)19-18(20)15-9-7-8-13(2)12-15/h5-12,14H,4H2,1-3H3. The lowest BCUT2D eigenvalue weighted by Gasteiger charge is -2.16. The molecule has 1 heterocycles. The lowest BCUT2D eigenvalue weighted by Crippen LogP contribution is -2.05. The Balaban J connectivity index is 2.29. The summed E-state index contributed by atoms with van der Waals surface area (Å²) in [6, 6.07) is 17.4. The first-order valence-electron chi connectivity index (χ1n) is 7.24. The van der Waals surface area contributed by atoms with E-state index < -0.39 is 0 Å². The van der Waals surface area contributed by atoms with Gasteiger partial charge in [-0.15, -0.1) is 0 Å². The summed E-state index contributed by atoms with van der Waals surface area (Å²) in [7, 11) is 0. The molecule has 0 aliphatic rings. The fourth-order valence-electron chi connectivity index (χ4n) is 2.66. The molecule has 2 heteroatoms. The van der Waals surface area contributed by atoms with Crippen LogP contribution in [0.25, 0.3) is 22.4 Å². The smallest absolute Gasteiger partial charge is 0.141 e. The molecule has 0 aliphatic heterocycles. The fraction of sp³-hybridized carbons (Fsp3) is 0.278. The molecule has 0 bridgehead atoms. The minimum Gasteiger partial charge on any atom is -0.321 e. The van der Waals surface area contributed by atoms with Gasteiger partial charge < -0.3 is 4.57 Å². The zero-order chi connectivity index (χ0) is 14.1. The van der Waals surface area contributed by atoms with Crippen LogP contribution in [0.2, 0.25) is 0 Å². The number of hydrogen-bond donors (Lipinski definition) is 0. The molecule has 3 aromatic rings. The molecule has 0 aliphatic carbocycles. The molecule has 3 rings (SSSR count). The number of nitrogens with zero attached hydrogens (tertiary/aromatic N) is 2. The Morgan fingerprint density at radius 1 is 1.10 bits per heavy atom. The quantitative estimate of drug-likeness (QED) is 0.652. The van der Waals surface area contributed by atoms with E-state index in [9.17, 15) is 0 Å². The second kappa shape index (κ2) is 5.12. The van der Waals surface area contributed by atoms with Gasteiger partial charge in [-0.1, -0.05) is 42.8 Å². The minimum atomic E-state index is 0.443. The van der Waals surface area contributed by atoms with Gasteiger partial charge in [0.1, 0.15) is 5.82 Å². The molecule has 102 valence electrons. The number of aryl methyl sites for hydroxylation is 1. The summed E-state index contributed by atoms with van der Waals surface area (Å²) in [5, 5.41) is 0. The number of fused-ring (bicyclic) bond motifs is 1. The highest BCUT2D eigenvalue weighted by Crippen LogP contribution is 2.29. The van der Waals surface area contributed by atoms with E-state index >= 15 is 0 Å². The first-order valence-corrected chi connectivity index (χ1v) is 7.24. The molecular formula is C18H20N2. The van der Waals surface area contributed by atoms with Crippen molar-refractivity contribution in [3.05, 3.63) is 54.1 Å². The molecule has 2 aromatic carbocycles. The van der Waals surface area contributed by atoms with Crippen LogP contribution in [0.4, 0.5) is 0 Å². The van der Waals surface area contributed by atoms with Crippen molar-refractivity contribution in [3.8, 4) is 11.4 Å². The Labute approximate surface area is 120 Å². The van der Waals surface area contributed by atoms with Crippen LogP contribution in [0.5, 0.6) is 0 Å². The molecule has 1 atom stereocenters. The molecule has 0 N–H and O–H groups in total. The number of aromatic nitrogens is 2. The van der Waals surface area contributed by atoms with E-state index in [0.717, 1.165) is 17.8 Å². The van der Waals surface area contributed by atoms with E-state index in [-0.39, 0.29) is 0 Å². The second-order valence-corrected chi connectivity index (χ2v) is 5.42. The van der Waals surface area contributed by atoms with Crippen molar-refractivity contribution in [1.82, 2.24) is 9.55 Å². The lowest BCUT2D eigenvalue weighted by molar-refractivity contribution is 0.550. The average molecular weight is 264 g/mol. The Bertz CT molecular complexity index is 740. The van der Waals surface area contributed by atoms with E-state index in [1.807, 2.05) is 0 Å². The minimum absolute atomic E-state index is 0.443. The van der Waals surface area contributed by atoms with Crippen LogP contribution in [0.3, 0.4) is 0 Å². The van der Waals surface area contributed by atoms with Crippen molar-refractivity contribution in [2.24, 2.45) is 0 Å². The molecule has 20 heavy (non-hydrogen) atoms. The maximum atomic E-state index is 4.86. The van der Waals surface area contributed by atoms with Gasteiger partial charge in [0.05, 0.1) is 11.0 Å². The Hall–Kier alpha value is -2.09. The van der Waals surface area contributed by atoms with E-state index in [4.69, 9.17) is 4.98 Å². The topological polar surface area (TPSA) is 17.8 Å². The van der Waals surface area contributed by atoms with E-state index in [0.29, 0.717) is 6.04 Å². The number of rotatable bonds is 3. The van der Waals surface area contributed by atoms with Crippen molar-refractivity contribution in [2.45, 2.75) is 33.2 Å². The van der Waals surface area contributed by atoms with Crippen LogP contribution in [-0.2, 0) is 0 Å².